The van der Waals surface area contributed by atoms with E-state index in [0.29, 0.717) is 5.92 Å². The van der Waals surface area contributed by atoms with E-state index in [1.165, 1.54) is 56.1 Å². The molecule has 0 heterocycles. The van der Waals surface area contributed by atoms with Crippen molar-refractivity contribution in [1.82, 2.24) is 0 Å². The number of benzene rings is 2. The van der Waals surface area contributed by atoms with Crippen LogP contribution in [-0.4, -0.2) is 0 Å². The zero-order valence-corrected chi connectivity index (χ0v) is 16.2. The highest BCUT2D eigenvalue weighted by atomic mass is 14.1. The molecular formula is C26H34. The molecule has 0 saturated heterocycles. The molecule has 0 saturated carbocycles. The molecule has 0 aromatic heterocycles. The highest BCUT2D eigenvalue weighted by Crippen LogP contribution is 2.26. The van der Waals surface area contributed by atoms with Gasteiger partial charge in [0.25, 0.3) is 0 Å². The standard InChI is InChI=1S/C26H34/c1-2-3-10-20-25(26-22-15-9-16-23-26)21-14-7-5-4-6-11-17-24-18-12-8-13-19-24/h2,7-9,12-16,18-19,22-23,25H,1,3-6,10-11,17,20-21H2. The first-order valence-corrected chi connectivity index (χ1v) is 10.2. The number of rotatable bonds is 13. The van der Waals surface area contributed by atoms with Gasteiger partial charge < -0.3 is 0 Å². The molecular weight excluding hydrogens is 312 g/mol. The minimum atomic E-state index is 0.644. The maximum Gasteiger partial charge on any atom is -0.0127 e. The summed E-state index contributed by atoms with van der Waals surface area (Å²) >= 11 is 0. The molecule has 26 heavy (non-hydrogen) atoms. The van der Waals surface area contributed by atoms with Crippen LogP contribution in [0.2, 0.25) is 0 Å². The summed E-state index contributed by atoms with van der Waals surface area (Å²) in [4.78, 5) is 0. The molecule has 1 unspecified atom stereocenters. The molecule has 1 atom stereocenters. The SMILES string of the molecule is C=CCCCC(CC=CCCCCCc1ccccc1)c1ccccc1. The predicted molar refractivity (Wildman–Crippen MR) is 116 cm³/mol. The molecule has 2 aromatic carbocycles. The largest absolute Gasteiger partial charge is 0.103 e. The third-order valence-electron chi connectivity index (χ3n) is 5.00. The molecule has 138 valence electrons. The van der Waals surface area contributed by atoms with Crippen molar-refractivity contribution in [2.75, 3.05) is 0 Å². The van der Waals surface area contributed by atoms with Crippen molar-refractivity contribution < 1.29 is 0 Å². The van der Waals surface area contributed by atoms with Crippen molar-refractivity contribution in [3.8, 4) is 0 Å². The Morgan fingerprint density at radius 3 is 2.19 bits per heavy atom. The molecule has 0 fully saturated rings. The van der Waals surface area contributed by atoms with E-state index >= 15 is 0 Å². The van der Waals surface area contributed by atoms with E-state index in [0.717, 1.165) is 12.8 Å². The van der Waals surface area contributed by atoms with Crippen LogP contribution in [0.15, 0.2) is 85.5 Å². The summed E-state index contributed by atoms with van der Waals surface area (Å²) in [6.07, 6.45) is 17.9. The van der Waals surface area contributed by atoms with Crippen LogP contribution in [0, 0.1) is 0 Å². The van der Waals surface area contributed by atoms with Crippen molar-refractivity contribution in [2.24, 2.45) is 0 Å². The molecule has 0 N–H and O–H groups in total. The molecule has 0 aliphatic rings. The second-order valence-corrected chi connectivity index (χ2v) is 7.12. The van der Waals surface area contributed by atoms with E-state index in [-0.39, 0.29) is 0 Å². The summed E-state index contributed by atoms with van der Waals surface area (Å²) in [6.45, 7) is 3.85. The second-order valence-electron chi connectivity index (χ2n) is 7.12. The number of unbranched alkanes of at least 4 members (excludes halogenated alkanes) is 4. The van der Waals surface area contributed by atoms with E-state index in [9.17, 15) is 0 Å². The maximum atomic E-state index is 3.85. The van der Waals surface area contributed by atoms with Crippen molar-refractivity contribution in [3.05, 3.63) is 96.6 Å². The number of aryl methyl sites for hydroxylation is 1. The van der Waals surface area contributed by atoms with E-state index in [1.807, 2.05) is 6.08 Å². The van der Waals surface area contributed by atoms with Gasteiger partial charge in [0.05, 0.1) is 0 Å². The quantitative estimate of drug-likeness (QED) is 0.255. The fourth-order valence-corrected chi connectivity index (χ4v) is 3.45. The summed E-state index contributed by atoms with van der Waals surface area (Å²) in [5.41, 5.74) is 2.94. The van der Waals surface area contributed by atoms with Gasteiger partial charge in [-0.1, -0.05) is 85.3 Å². The number of allylic oxidation sites excluding steroid dienone is 3. The highest BCUT2D eigenvalue weighted by molar-refractivity contribution is 5.20. The van der Waals surface area contributed by atoms with Crippen molar-refractivity contribution in [1.29, 1.82) is 0 Å². The van der Waals surface area contributed by atoms with Crippen LogP contribution >= 0.6 is 0 Å². The summed E-state index contributed by atoms with van der Waals surface area (Å²) in [7, 11) is 0. The van der Waals surface area contributed by atoms with E-state index in [2.05, 4.69) is 79.4 Å². The van der Waals surface area contributed by atoms with Crippen LogP contribution in [0.3, 0.4) is 0 Å². The van der Waals surface area contributed by atoms with Gasteiger partial charge in [-0.25, -0.2) is 0 Å². The molecule has 0 bridgehead atoms. The van der Waals surface area contributed by atoms with Crippen LogP contribution in [0.5, 0.6) is 0 Å². The smallest absolute Gasteiger partial charge is 0.0127 e. The zero-order chi connectivity index (χ0) is 18.3. The molecule has 0 aliphatic carbocycles. The number of hydrogen-bond acceptors (Lipinski definition) is 0. The lowest BCUT2D eigenvalue weighted by Crippen LogP contribution is -1.97. The molecule has 0 spiro atoms. The molecule has 0 amide bonds. The maximum absolute atomic E-state index is 3.85. The van der Waals surface area contributed by atoms with E-state index < -0.39 is 0 Å². The predicted octanol–water partition coefficient (Wildman–Crippen LogP) is 7.88. The first kappa shape index (κ1) is 20.2. The molecule has 2 rings (SSSR count). The van der Waals surface area contributed by atoms with Crippen LogP contribution in [-0.2, 0) is 6.42 Å². The monoisotopic (exact) mass is 346 g/mol. The Kier molecular flexibility index (Phi) is 10.2. The van der Waals surface area contributed by atoms with Gasteiger partial charge >= 0.3 is 0 Å². The molecule has 0 heteroatoms. The van der Waals surface area contributed by atoms with Gasteiger partial charge in [-0.15, -0.1) is 6.58 Å². The van der Waals surface area contributed by atoms with Gasteiger partial charge in [0, 0.05) is 0 Å². The van der Waals surface area contributed by atoms with E-state index in [4.69, 9.17) is 0 Å². The Labute approximate surface area is 160 Å². The molecule has 0 nitrogen and oxygen atoms in total. The Hall–Kier alpha value is -2.08. The van der Waals surface area contributed by atoms with E-state index in [1.54, 1.807) is 0 Å². The van der Waals surface area contributed by atoms with Gasteiger partial charge in [0.1, 0.15) is 0 Å². The Bertz CT molecular complexity index is 609. The summed E-state index contributed by atoms with van der Waals surface area (Å²) < 4.78 is 0. The summed E-state index contributed by atoms with van der Waals surface area (Å²) in [5, 5.41) is 0. The average molecular weight is 347 g/mol. The van der Waals surface area contributed by atoms with Gasteiger partial charge in [-0.05, 0) is 68.4 Å². The van der Waals surface area contributed by atoms with Crippen LogP contribution < -0.4 is 0 Å². The Morgan fingerprint density at radius 1 is 0.731 bits per heavy atom. The van der Waals surface area contributed by atoms with Crippen molar-refractivity contribution in [3.63, 3.8) is 0 Å². The lowest BCUT2D eigenvalue weighted by molar-refractivity contribution is 0.600. The summed E-state index contributed by atoms with van der Waals surface area (Å²) in [5.74, 6) is 0.644. The van der Waals surface area contributed by atoms with Gasteiger partial charge in [0.15, 0.2) is 0 Å². The lowest BCUT2D eigenvalue weighted by Gasteiger charge is -2.15. The fraction of sp³-hybridized carbons (Fsp3) is 0.385. The zero-order valence-electron chi connectivity index (χ0n) is 16.2. The van der Waals surface area contributed by atoms with Crippen LogP contribution in [0.1, 0.15) is 68.4 Å². The van der Waals surface area contributed by atoms with Gasteiger partial charge in [-0.3, -0.25) is 0 Å². The lowest BCUT2D eigenvalue weighted by atomic mass is 9.90. The molecule has 0 radical (unpaired) electrons. The first-order valence-electron chi connectivity index (χ1n) is 10.2. The van der Waals surface area contributed by atoms with Crippen LogP contribution in [0.4, 0.5) is 0 Å². The Morgan fingerprint density at radius 2 is 1.46 bits per heavy atom. The minimum absolute atomic E-state index is 0.644. The van der Waals surface area contributed by atoms with Gasteiger partial charge in [0.2, 0.25) is 0 Å². The van der Waals surface area contributed by atoms with Gasteiger partial charge in [-0.2, -0.15) is 0 Å². The molecule has 0 aliphatic heterocycles. The minimum Gasteiger partial charge on any atom is -0.103 e. The fourth-order valence-electron chi connectivity index (χ4n) is 3.45. The topological polar surface area (TPSA) is 0 Å². The van der Waals surface area contributed by atoms with Crippen LogP contribution in [0.25, 0.3) is 0 Å². The first-order chi connectivity index (χ1) is 12.9. The second kappa shape index (κ2) is 13.2. The Balaban J connectivity index is 1.64. The third-order valence-corrected chi connectivity index (χ3v) is 5.00. The number of hydrogen-bond donors (Lipinski definition) is 0. The molecule has 2 aromatic rings. The van der Waals surface area contributed by atoms with Crippen molar-refractivity contribution in [2.45, 2.75) is 63.7 Å². The normalized spacial score (nSPS) is 12.3. The van der Waals surface area contributed by atoms with Crippen molar-refractivity contribution >= 4 is 0 Å². The average Bonchev–Trinajstić information content (AvgIpc) is 2.70. The highest BCUT2D eigenvalue weighted by Gasteiger charge is 2.08. The summed E-state index contributed by atoms with van der Waals surface area (Å²) in [6, 6.07) is 21.8. The third kappa shape index (κ3) is 8.34.